The maximum Gasteiger partial charge on any atom is 0.411 e. The van der Waals surface area contributed by atoms with Crippen molar-refractivity contribution < 1.29 is 9.53 Å². The maximum absolute atomic E-state index is 12.3. The van der Waals surface area contributed by atoms with Gasteiger partial charge >= 0.3 is 6.09 Å². The van der Waals surface area contributed by atoms with Crippen LogP contribution >= 0.6 is 0 Å². The van der Waals surface area contributed by atoms with Crippen molar-refractivity contribution >= 4 is 6.09 Å². The first-order valence-electron chi connectivity index (χ1n) is 6.62. The van der Waals surface area contributed by atoms with E-state index in [0.717, 1.165) is 18.7 Å². The minimum absolute atomic E-state index is 0.296. The fourth-order valence-electron chi connectivity index (χ4n) is 2.39. The van der Waals surface area contributed by atoms with E-state index >= 15 is 0 Å². The Morgan fingerprint density at radius 1 is 1.47 bits per heavy atom. The highest BCUT2D eigenvalue weighted by molar-refractivity contribution is 5.69. The molecule has 1 N–H and O–H groups in total. The lowest BCUT2D eigenvalue weighted by atomic mass is 9.98. The van der Waals surface area contributed by atoms with E-state index in [1.807, 2.05) is 34.6 Å². The van der Waals surface area contributed by atoms with Crippen LogP contribution in [-0.2, 0) is 10.3 Å². The zero-order valence-electron chi connectivity index (χ0n) is 12.3. The van der Waals surface area contributed by atoms with E-state index in [1.165, 1.54) is 0 Å². The molecule has 0 radical (unpaired) electrons. The van der Waals surface area contributed by atoms with Gasteiger partial charge in [0, 0.05) is 6.54 Å². The topological polar surface area (TPSA) is 71.1 Å². The van der Waals surface area contributed by atoms with Crippen LogP contribution in [0.3, 0.4) is 0 Å². The molecule has 1 atom stereocenters. The zero-order valence-corrected chi connectivity index (χ0v) is 12.3. The third kappa shape index (κ3) is 2.72. The Labute approximate surface area is 113 Å². The second-order valence-electron chi connectivity index (χ2n) is 6.25. The molecule has 2 heterocycles. The highest BCUT2D eigenvalue weighted by Gasteiger charge is 2.45. The predicted octanol–water partition coefficient (Wildman–Crippen LogP) is 2.36. The average molecular weight is 266 g/mol. The molecular formula is C13H22N4O2. The first kappa shape index (κ1) is 13.8. The molecule has 0 saturated carbocycles. The average Bonchev–Trinajstić information content (AvgIpc) is 2.83. The first-order chi connectivity index (χ1) is 8.72. The number of hydrogen-bond acceptors (Lipinski definition) is 4. The van der Waals surface area contributed by atoms with Crippen LogP contribution in [-0.4, -0.2) is 38.3 Å². The smallest absolute Gasteiger partial charge is 0.411 e. The second kappa shape index (κ2) is 4.51. The van der Waals surface area contributed by atoms with Crippen LogP contribution < -0.4 is 0 Å². The van der Waals surface area contributed by atoms with Crippen molar-refractivity contribution in [2.75, 3.05) is 6.54 Å². The Hall–Kier alpha value is -1.59. The summed E-state index contributed by atoms with van der Waals surface area (Å²) in [5, 5.41) is 7.05. The van der Waals surface area contributed by atoms with Crippen LogP contribution in [0.1, 0.15) is 52.2 Å². The monoisotopic (exact) mass is 266 g/mol. The number of nitrogens with one attached hydrogen (secondary N) is 1. The summed E-state index contributed by atoms with van der Waals surface area (Å²) in [6, 6.07) is 0. The Morgan fingerprint density at radius 3 is 2.68 bits per heavy atom. The number of likely N-dealkylation sites (tertiary alicyclic amines) is 1. The Morgan fingerprint density at radius 2 is 2.16 bits per heavy atom. The van der Waals surface area contributed by atoms with E-state index in [4.69, 9.17) is 4.74 Å². The number of ether oxygens (including phenoxy) is 1. The molecule has 0 spiro atoms. The third-order valence-electron chi connectivity index (χ3n) is 3.33. The summed E-state index contributed by atoms with van der Waals surface area (Å²) in [7, 11) is 0. The molecule has 1 aliphatic heterocycles. The summed E-state index contributed by atoms with van der Waals surface area (Å²) in [4.78, 5) is 18.4. The van der Waals surface area contributed by atoms with E-state index in [1.54, 1.807) is 4.90 Å². The van der Waals surface area contributed by atoms with Gasteiger partial charge in [0.15, 0.2) is 5.82 Å². The molecule has 19 heavy (non-hydrogen) atoms. The Balaban J connectivity index is 2.23. The molecule has 1 fully saturated rings. The summed E-state index contributed by atoms with van der Waals surface area (Å²) in [5.74, 6) is 1.42. The molecule has 0 unspecified atom stereocenters. The molecule has 1 amide bonds. The molecule has 0 aromatic carbocycles. The van der Waals surface area contributed by atoms with E-state index in [9.17, 15) is 4.79 Å². The van der Waals surface area contributed by atoms with Crippen LogP contribution in [0.25, 0.3) is 0 Å². The molecule has 6 nitrogen and oxygen atoms in total. The summed E-state index contributed by atoms with van der Waals surface area (Å²) in [6.45, 7) is 10.1. The largest absolute Gasteiger partial charge is 0.444 e. The summed E-state index contributed by atoms with van der Waals surface area (Å²) >= 11 is 0. The number of aromatic amines is 1. The van der Waals surface area contributed by atoms with Gasteiger partial charge in [-0.2, -0.15) is 5.10 Å². The lowest BCUT2D eigenvalue weighted by molar-refractivity contribution is 0.00858. The van der Waals surface area contributed by atoms with Gasteiger partial charge in [0.05, 0.1) is 0 Å². The van der Waals surface area contributed by atoms with Crippen molar-refractivity contribution in [1.29, 1.82) is 0 Å². The van der Waals surface area contributed by atoms with Crippen LogP contribution in [0, 0.1) is 6.92 Å². The van der Waals surface area contributed by atoms with E-state index < -0.39 is 11.1 Å². The van der Waals surface area contributed by atoms with Gasteiger partial charge in [-0.05, 0) is 47.5 Å². The van der Waals surface area contributed by atoms with Crippen LogP contribution in [0.15, 0.2) is 0 Å². The fraction of sp³-hybridized carbons (Fsp3) is 0.769. The highest BCUT2D eigenvalue weighted by Crippen LogP contribution is 2.37. The van der Waals surface area contributed by atoms with Gasteiger partial charge < -0.3 is 4.74 Å². The number of aryl methyl sites for hydroxylation is 1. The molecule has 6 heteroatoms. The van der Waals surface area contributed by atoms with Crippen molar-refractivity contribution in [2.45, 2.75) is 58.6 Å². The number of aromatic nitrogens is 3. The standard InChI is InChI=1S/C13H22N4O2/c1-9-14-10(16-15-9)13(5)7-6-8-17(13)11(18)19-12(2,3)4/h6-8H2,1-5H3,(H,14,15,16)/t13-/m0/s1. The zero-order chi connectivity index (χ0) is 14.3. The molecule has 0 bridgehead atoms. The second-order valence-corrected chi connectivity index (χ2v) is 6.25. The predicted molar refractivity (Wildman–Crippen MR) is 70.6 cm³/mol. The van der Waals surface area contributed by atoms with Crippen molar-refractivity contribution in [1.82, 2.24) is 20.1 Å². The number of carbonyl (C=O) groups excluding carboxylic acids is 1. The van der Waals surface area contributed by atoms with Crippen molar-refractivity contribution in [3.63, 3.8) is 0 Å². The summed E-state index contributed by atoms with van der Waals surface area (Å²) in [6.07, 6.45) is 1.49. The molecule has 0 aliphatic carbocycles. The molecule has 1 aromatic heterocycles. The lowest BCUT2D eigenvalue weighted by Crippen LogP contribution is -2.46. The number of H-pyrrole nitrogens is 1. The van der Waals surface area contributed by atoms with Gasteiger partial charge in [-0.3, -0.25) is 10.00 Å². The number of amides is 1. The van der Waals surface area contributed by atoms with Gasteiger partial charge in [-0.1, -0.05) is 0 Å². The maximum atomic E-state index is 12.3. The molecule has 106 valence electrons. The van der Waals surface area contributed by atoms with Crippen molar-refractivity contribution in [2.24, 2.45) is 0 Å². The Bertz CT molecular complexity index is 477. The molecule has 1 aromatic rings. The Kier molecular flexibility index (Phi) is 3.28. The van der Waals surface area contributed by atoms with Crippen LogP contribution in [0.2, 0.25) is 0 Å². The quantitative estimate of drug-likeness (QED) is 0.847. The third-order valence-corrected chi connectivity index (χ3v) is 3.33. The SMILES string of the molecule is Cc1nc([C@]2(C)CCCN2C(=O)OC(C)(C)C)n[nH]1. The van der Waals surface area contributed by atoms with Gasteiger partial charge in [0.1, 0.15) is 17.0 Å². The molecule has 1 saturated heterocycles. The minimum atomic E-state index is -0.491. The molecule has 2 rings (SSSR count). The van der Waals surface area contributed by atoms with E-state index in [0.29, 0.717) is 12.4 Å². The molecular weight excluding hydrogens is 244 g/mol. The van der Waals surface area contributed by atoms with Gasteiger partial charge in [-0.15, -0.1) is 0 Å². The van der Waals surface area contributed by atoms with Crippen LogP contribution in [0.5, 0.6) is 0 Å². The summed E-state index contributed by atoms with van der Waals surface area (Å²) < 4.78 is 5.47. The fourth-order valence-corrected chi connectivity index (χ4v) is 2.39. The number of hydrogen-bond donors (Lipinski definition) is 1. The first-order valence-corrected chi connectivity index (χ1v) is 6.62. The van der Waals surface area contributed by atoms with Crippen molar-refractivity contribution in [3.8, 4) is 0 Å². The van der Waals surface area contributed by atoms with Gasteiger partial charge in [-0.25, -0.2) is 9.78 Å². The number of carbonyl (C=O) groups is 1. The molecule has 1 aliphatic rings. The highest BCUT2D eigenvalue weighted by atomic mass is 16.6. The van der Waals surface area contributed by atoms with Gasteiger partial charge in [0.25, 0.3) is 0 Å². The number of nitrogens with zero attached hydrogens (tertiary/aromatic N) is 3. The van der Waals surface area contributed by atoms with E-state index in [2.05, 4.69) is 15.2 Å². The van der Waals surface area contributed by atoms with Crippen LogP contribution in [0.4, 0.5) is 4.79 Å². The van der Waals surface area contributed by atoms with Crippen molar-refractivity contribution in [3.05, 3.63) is 11.6 Å². The lowest BCUT2D eigenvalue weighted by Gasteiger charge is -2.34. The van der Waals surface area contributed by atoms with Gasteiger partial charge in [0.2, 0.25) is 0 Å². The minimum Gasteiger partial charge on any atom is -0.444 e. The number of rotatable bonds is 1. The normalized spacial score (nSPS) is 23.7. The summed E-state index contributed by atoms with van der Waals surface area (Å²) in [5.41, 5.74) is -0.970. The van der Waals surface area contributed by atoms with E-state index in [-0.39, 0.29) is 6.09 Å².